The lowest BCUT2D eigenvalue weighted by Crippen LogP contribution is -1.96. The number of benzene rings is 2. The van der Waals surface area contributed by atoms with Crippen molar-refractivity contribution in [2.24, 2.45) is 5.73 Å². The molecule has 0 spiro atoms. The van der Waals surface area contributed by atoms with Crippen molar-refractivity contribution < 1.29 is 4.74 Å². The van der Waals surface area contributed by atoms with Crippen LogP contribution >= 0.6 is 39.1 Å². The third-order valence-electron chi connectivity index (χ3n) is 2.29. The highest BCUT2D eigenvalue weighted by Gasteiger charge is 2.05. The number of halogens is 3. The molecule has 0 aromatic heterocycles. The molecule has 94 valence electrons. The first-order chi connectivity index (χ1) is 8.58. The molecule has 2 aromatic rings. The van der Waals surface area contributed by atoms with Crippen molar-refractivity contribution in [3.63, 3.8) is 0 Å². The molecule has 0 bridgehead atoms. The predicted octanol–water partition coefficient (Wildman–Crippen LogP) is 5.01. The van der Waals surface area contributed by atoms with Crippen molar-refractivity contribution in [2.75, 3.05) is 0 Å². The quantitative estimate of drug-likeness (QED) is 0.848. The zero-order chi connectivity index (χ0) is 13.1. The van der Waals surface area contributed by atoms with Crippen molar-refractivity contribution in [2.45, 2.75) is 6.54 Å². The van der Waals surface area contributed by atoms with Crippen LogP contribution in [0.3, 0.4) is 0 Å². The number of nitrogens with two attached hydrogens (primary N) is 1. The molecule has 0 saturated heterocycles. The highest BCUT2D eigenvalue weighted by atomic mass is 79.9. The van der Waals surface area contributed by atoms with E-state index in [2.05, 4.69) is 15.9 Å². The van der Waals surface area contributed by atoms with Crippen LogP contribution in [0.5, 0.6) is 11.5 Å². The van der Waals surface area contributed by atoms with Gasteiger partial charge in [-0.25, -0.2) is 0 Å². The van der Waals surface area contributed by atoms with E-state index in [1.54, 1.807) is 18.2 Å². The summed E-state index contributed by atoms with van der Waals surface area (Å²) in [6.45, 7) is 0.449. The van der Waals surface area contributed by atoms with Crippen LogP contribution in [-0.2, 0) is 6.54 Å². The minimum absolute atomic E-state index is 0.449. The summed E-state index contributed by atoms with van der Waals surface area (Å²) in [5, 5.41) is 1.04. The van der Waals surface area contributed by atoms with Crippen LogP contribution in [-0.4, -0.2) is 0 Å². The van der Waals surface area contributed by atoms with Crippen LogP contribution in [0.2, 0.25) is 10.0 Å². The van der Waals surface area contributed by atoms with E-state index >= 15 is 0 Å². The minimum Gasteiger partial charge on any atom is -0.456 e. The standard InChI is InChI=1S/C13H10BrCl2NO/c14-9-3-8(7-17)4-11(5-9)18-13-2-1-10(15)6-12(13)16/h1-6H,7,17H2. The van der Waals surface area contributed by atoms with E-state index < -0.39 is 0 Å². The average molecular weight is 347 g/mol. The molecule has 0 atom stereocenters. The van der Waals surface area contributed by atoms with Crippen molar-refractivity contribution in [1.82, 2.24) is 0 Å². The lowest BCUT2D eigenvalue weighted by Gasteiger charge is -2.09. The molecule has 0 aliphatic heterocycles. The van der Waals surface area contributed by atoms with Crippen molar-refractivity contribution in [1.29, 1.82) is 0 Å². The van der Waals surface area contributed by atoms with Gasteiger partial charge in [-0.2, -0.15) is 0 Å². The van der Waals surface area contributed by atoms with E-state index in [0.717, 1.165) is 10.0 Å². The zero-order valence-electron chi connectivity index (χ0n) is 9.29. The summed E-state index contributed by atoms with van der Waals surface area (Å²) in [5.74, 6) is 1.23. The first-order valence-corrected chi connectivity index (χ1v) is 6.76. The lowest BCUT2D eigenvalue weighted by atomic mass is 10.2. The van der Waals surface area contributed by atoms with Crippen LogP contribution in [0.4, 0.5) is 0 Å². The van der Waals surface area contributed by atoms with Gasteiger partial charge < -0.3 is 10.5 Å². The second kappa shape index (κ2) is 5.93. The third-order valence-corrected chi connectivity index (χ3v) is 3.28. The zero-order valence-corrected chi connectivity index (χ0v) is 12.4. The molecule has 2 nitrogen and oxygen atoms in total. The molecular formula is C13H10BrCl2NO. The minimum atomic E-state index is 0.449. The molecule has 2 N–H and O–H groups in total. The van der Waals surface area contributed by atoms with Gasteiger partial charge in [-0.3, -0.25) is 0 Å². The SMILES string of the molecule is NCc1cc(Br)cc(Oc2ccc(Cl)cc2Cl)c1. The van der Waals surface area contributed by atoms with Crippen molar-refractivity contribution >= 4 is 39.1 Å². The van der Waals surface area contributed by atoms with Gasteiger partial charge in [0.1, 0.15) is 11.5 Å². The summed E-state index contributed by atoms with van der Waals surface area (Å²) in [6.07, 6.45) is 0. The van der Waals surface area contributed by atoms with E-state index in [4.69, 9.17) is 33.7 Å². The fourth-order valence-corrected chi connectivity index (χ4v) is 2.45. The fraction of sp³-hybridized carbons (Fsp3) is 0.0769. The van der Waals surface area contributed by atoms with Gasteiger partial charge in [-0.15, -0.1) is 0 Å². The molecule has 0 aliphatic rings. The van der Waals surface area contributed by atoms with Crippen LogP contribution in [0.15, 0.2) is 40.9 Å². The highest BCUT2D eigenvalue weighted by Crippen LogP contribution is 2.33. The van der Waals surface area contributed by atoms with Crippen LogP contribution in [0, 0.1) is 0 Å². The topological polar surface area (TPSA) is 35.2 Å². The normalized spacial score (nSPS) is 10.4. The Bertz CT molecular complexity index is 575. The summed E-state index contributed by atoms with van der Waals surface area (Å²) in [6, 6.07) is 10.8. The summed E-state index contributed by atoms with van der Waals surface area (Å²) in [5.41, 5.74) is 6.59. The Labute approximate surface area is 124 Å². The maximum Gasteiger partial charge on any atom is 0.146 e. The van der Waals surface area contributed by atoms with E-state index in [-0.39, 0.29) is 0 Å². The first-order valence-electron chi connectivity index (χ1n) is 5.21. The van der Waals surface area contributed by atoms with Gasteiger partial charge in [0.15, 0.2) is 0 Å². The Morgan fingerprint density at radius 2 is 1.89 bits per heavy atom. The van der Waals surface area contributed by atoms with Crippen LogP contribution < -0.4 is 10.5 Å². The second-order valence-corrected chi connectivity index (χ2v) is 5.44. The maximum atomic E-state index is 6.05. The molecule has 2 aromatic carbocycles. The molecule has 0 fully saturated rings. The van der Waals surface area contributed by atoms with Gasteiger partial charge >= 0.3 is 0 Å². The molecule has 0 radical (unpaired) electrons. The van der Waals surface area contributed by atoms with E-state index in [0.29, 0.717) is 28.1 Å². The molecule has 0 unspecified atom stereocenters. The Kier molecular flexibility index (Phi) is 4.51. The van der Waals surface area contributed by atoms with E-state index in [9.17, 15) is 0 Å². The smallest absolute Gasteiger partial charge is 0.146 e. The monoisotopic (exact) mass is 345 g/mol. The molecule has 18 heavy (non-hydrogen) atoms. The predicted molar refractivity (Wildman–Crippen MR) is 78.6 cm³/mol. The summed E-state index contributed by atoms with van der Waals surface area (Å²) in [7, 11) is 0. The van der Waals surface area contributed by atoms with Gasteiger partial charge in [-0.1, -0.05) is 39.1 Å². The molecule has 2 rings (SSSR count). The molecular weight excluding hydrogens is 337 g/mol. The summed E-state index contributed by atoms with van der Waals surface area (Å²) in [4.78, 5) is 0. The Morgan fingerprint density at radius 3 is 2.56 bits per heavy atom. The first kappa shape index (κ1) is 13.7. The summed E-state index contributed by atoms with van der Waals surface area (Å²) >= 11 is 15.3. The van der Waals surface area contributed by atoms with E-state index in [1.165, 1.54) is 0 Å². The van der Waals surface area contributed by atoms with Gasteiger partial charge in [0.2, 0.25) is 0 Å². The number of hydrogen-bond donors (Lipinski definition) is 1. The molecule has 0 saturated carbocycles. The van der Waals surface area contributed by atoms with Crippen molar-refractivity contribution in [3.05, 3.63) is 56.5 Å². The Balaban J connectivity index is 2.30. The molecule has 0 heterocycles. The average Bonchev–Trinajstić information content (AvgIpc) is 2.32. The molecule has 0 amide bonds. The highest BCUT2D eigenvalue weighted by molar-refractivity contribution is 9.10. The third kappa shape index (κ3) is 3.39. The van der Waals surface area contributed by atoms with Crippen LogP contribution in [0.1, 0.15) is 5.56 Å². The number of rotatable bonds is 3. The van der Waals surface area contributed by atoms with Gasteiger partial charge in [0, 0.05) is 16.0 Å². The molecule has 0 aliphatic carbocycles. The Hall–Kier alpha value is -0.740. The Morgan fingerprint density at radius 1 is 1.11 bits per heavy atom. The number of hydrogen-bond acceptors (Lipinski definition) is 2. The van der Waals surface area contributed by atoms with Crippen LogP contribution in [0.25, 0.3) is 0 Å². The number of ether oxygens (including phenoxy) is 1. The fourth-order valence-electron chi connectivity index (χ4n) is 1.48. The van der Waals surface area contributed by atoms with Gasteiger partial charge in [-0.05, 0) is 42.0 Å². The van der Waals surface area contributed by atoms with E-state index in [1.807, 2.05) is 18.2 Å². The largest absolute Gasteiger partial charge is 0.456 e. The van der Waals surface area contributed by atoms with Gasteiger partial charge in [0.25, 0.3) is 0 Å². The maximum absolute atomic E-state index is 6.05. The summed E-state index contributed by atoms with van der Waals surface area (Å²) < 4.78 is 6.62. The molecule has 5 heteroatoms. The van der Waals surface area contributed by atoms with Gasteiger partial charge in [0.05, 0.1) is 5.02 Å². The lowest BCUT2D eigenvalue weighted by molar-refractivity contribution is 0.482. The van der Waals surface area contributed by atoms with Crippen molar-refractivity contribution in [3.8, 4) is 11.5 Å². The second-order valence-electron chi connectivity index (χ2n) is 3.68.